The van der Waals surface area contributed by atoms with Crippen LogP contribution in [-0.2, 0) is 12.0 Å². The van der Waals surface area contributed by atoms with Crippen molar-refractivity contribution >= 4 is 5.69 Å². The normalized spacial score (nSPS) is 11.5. The summed E-state index contributed by atoms with van der Waals surface area (Å²) >= 11 is 0. The Balaban J connectivity index is 3.34. The van der Waals surface area contributed by atoms with Crippen molar-refractivity contribution in [3.05, 3.63) is 39.4 Å². The molecule has 4 nitrogen and oxygen atoms in total. The van der Waals surface area contributed by atoms with Gasteiger partial charge in [0.05, 0.1) is 4.92 Å². The summed E-state index contributed by atoms with van der Waals surface area (Å²) in [6.45, 7) is 6.19. The second-order valence-corrected chi connectivity index (χ2v) is 4.56. The van der Waals surface area contributed by atoms with Crippen LogP contribution in [0, 0.1) is 10.1 Å². The van der Waals surface area contributed by atoms with Gasteiger partial charge in [0.2, 0.25) is 0 Å². The maximum atomic E-state index is 10.9. The summed E-state index contributed by atoms with van der Waals surface area (Å²) < 4.78 is 0. The van der Waals surface area contributed by atoms with Crippen LogP contribution in [0.1, 0.15) is 31.9 Å². The Hall–Kier alpha value is -1.42. The third-order valence-corrected chi connectivity index (χ3v) is 2.30. The molecule has 82 valence electrons. The molecule has 2 N–H and O–H groups in total. The molecule has 1 rings (SSSR count). The van der Waals surface area contributed by atoms with E-state index in [1.165, 1.54) is 0 Å². The molecule has 0 atom stereocenters. The van der Waals surface area contributed by atoms with E-state index in [-0.39, 0.29) is 16.0 Å². The number of nitro benzene ring substituents is 1. The molecule has 0 fully saturated rings. The van der Waals surface area contributed by atoms with Gasteiger partial charge in [-0.3, -0.25) is 10.1 Å². The Morgan fingerprint density at radius 1 is 1.40 bits per heavy atom. The van der Waals surface area contributed by atoms with Gasteiger partial charge in [-0.25, -0.2) is 0 Å². The molecule has 0 saturated heterocycles. The molecule has 4 heteroatoms. The van der Waals surface area contributed by atoms with Crippen molar-refractivity contribution in [2.45, 2.75) is 32.7 Å². The molecular formula is C11H16N2O2. The van der Waals surface area contributed by atoms with Crippen molar-refractivity contribution in [2.24, 2.45) is 5.73 Å². The Labute approximate surface area is 89.2 Å². The van der Waals surface area contributed by atoms with Gasteiger partial charge in [-0.1, -0.05) is 32.9 Å². The number of hydrogen-bond donors (Lipinski definition) is 1. The molecule has 1 aromatic carbocycles. The Bertz CT molecular complexity index is 381. The van der Waals surface area contributed by atoms with E-state index < -0.39 is 0 Å². The van der Waals surface area contributed by atoms with Crippen LogP contribution in [0.15, 0.2) is 18.2 Å². The average Bonchev–Trinajstić information content (AvgIpc) is 2.15. The minimum Gasteiger partial charge on any atom is -0.326 e. The lowest BCUT2D eigenvalue weighted by Gasteiger charge is -2.19. The molecule has 0 amide bonds. The molecule has 0 radical (unpaired) electrons. The fraction of sp³-hybridized carbons (Fsp3) is 0.455. The molecule has 0 aliphatic carbocycles. The molecule has 0 heterocycles. The fourth-order valence-electron chi connectivity index (χ4n) is 1.49. The SMILES string of the molecule is CC(C)(C)c1ccc(CN)cc1[N+](=O)[O-]. The quantitative estimate of drug-likeness (QED) is 0.599. The zero-order valence-electron chi connectivity index (χ0n) is 9.28. The maximum absolute atomic E-state index is 10.9. The highest BCUT2D eigenvalue weighted by Crippen LogP contribution is 2.31. The largest absolute Gasteiger partial charge is 0.326 e. The third kappa shape index (κ3) is 2.53. The van der Waals surface area contributed by atoms with E-state index in [0.29, 0.717) is 6.54 Å². The minimum atomic E-state index is -0.347. The average molecular weight is 208 g/mol. The number of rotatable bonds is 2. The van der Waals surface area contributed by atoms with E-state index in [9.17, 15) is 10.1 Å². The van der Waals surface area contributed by atoms with Gasteiger partial charge in [0.25, 0.3) is 5.69 Å². The number of nitrogens with two attached hydrogens (primary N) is 1. The topological polar surface area (TPSA) is 69.2 Å². The zero-order valence-corrected chi connectivity index (χ0v) is 9.28. The lowest BCUT2D eigenvalue weighted by Crippen LogP contribution is -2.14. The second kappa shape index (κ2) is 3.98. The summed E-state index contributed by atoms with van der Waals surface area (Å²) in [6, 6.07) is 5.19. The van der Waals surface area contributed by atoms with E-state index in [0.717, 1.165) is 11.1 Å². The highest BCUT2D eigenvalue weighted by molar-refractivity contribution is 5.46. The maximum Gasteiger partial charge on any atom is 0.273 e. The second-order valence-electron chi connectivity index (χ2n) is 4.56. The highest BCUT2D eigenvalue weighted by Gasteiger charge is 2.24. The molecule has 0 aromatic heterocycles. The van der Waals surface area contributed by atoms with Crippen LogP contribution < -0.4 is 5.73 Å². The van der Waals surface area contributed by atoms with Crippen LogP contribution >= 0.6 is 0 Å². The molecule has 0 aliphatic heterocycles. The molecule has 15 heavy (non-hydrogen) atoms. The van der Waals surface area contributed by atoms with Crippen LogP contribution in [0.3, 0.4) is 0 Å². The Morgan fingerprint density at radius 2 is 2.00 bits per heavy atom. The Kier molecular flexibility index (Phi) is 3.09. The van der Waals surface area contributed by atoms with Gasteiger partial charge in [0.1, 0.15) is 0 Å². The van der Waals surface area contributed by atoms with Crippen LogP contribution in [0.2, 0.25) is 0 Å². The Morgan fingerprint density at radius 3 is 2.40 bits per heavy atom. The van der Waals surface area contributed by atoms with Crippen molar-refractivity contribution in [1.29, 1.82) is 0 Å². The minimum absolute atomic E-state index is 0.158. The number of hydrogen-bond acceptors (Lipinski definition) is 3. The van der Waals surface area contributed by atoms with Gasteiger partial charge in [-0.05, 0) is 11.0 Å². The van der Waals surface area contributed by atoms with Crippen molar-refractivity contribution in [1.82, 2.24) is 0 Å². The molecule has 0 unspecified atom stereocenters. The monoisotopic (exact) mass is 208 g/mol. The van der Waals surface area contributed by atoms with Gasteiger partial charge < -0.3 is 5.73 Å². The smallest absolute Gasteiger partial charge is 0.273 e. The molecule has 1 aromatic rings. The van der Waals surface area contributed by atoms with E-state index >= 15 is 0 Å². The van der Waals surface area contributed by atoms with Gasteiger partial charge in [-0.2, -0.15) is 0 Å². The summed E-state index contributed by atoms with van der Waals surface area (Å²) in [5, 5.41) is 10.9. The highest BCUT2D eigenvalue weighted by atomic mass is 16.6. The van der Waals surface area contributed by atoms with Gasteiger partial charge in [-0.15, -0.1) is 0 Å². The first-order chi connectivity index (χ1) is 6.86. The summed E-state index contributed by atoms with van der Waals surface area (Å²) in [4.78, 5) is 10.6. The first kappa shape index (κ1) is 11.7. The van der Waals surface area contributed by atoms with Crippen LogP contribution in [0.25, 0.3) is 0 Å². The first-order valence-electron chi connectivity index (χ1n) is 4.84. The lowest BCUT2D eigenvalue weighted by molar-refractivity contribution is -0.386. The summed E-state index contributed by atoms with van der Waals surface area (Å²) in [7, 11) is 0. The summed E-state index contributed by atoms with van der Waals surface area (Å²) in [6.07, 6.45) is 0. The van der Waals surface area contributed by atoms with Gasteiger partial charge in [0.15, 0.2) is 0 Å². The lowest BCUT2D eigenvalue weighted by atomic mass is 9.85. The van der Waals surface area contributed by atoms with Crippen molar-refractivity contribution in [3.8, 4) is 0 Å². The first-order valence-corrected chi connectivity index (χ1v) is 4.84. The molecule has 0 spiro atoms. The van der Waals surface area contributed by atoms with Gasteiger partial charge in [0, 0.05) is 18.2 Å². The van der Waals surface area contributed by atoms with Crippen molar-refractivity contribution in [2.75, 3.05) is 0 Å². The molecule has 0 aliphatic rings. The van der Waals surface area contributed by atoms with E-state index in [1.54, 1.807) is 12.1 Å². The number of benzene rings is 1. The third-order valence-electron chi connectivity index (χ3n) is 2.30. The van der Waals surface area contributed by atoms with Crippen LogP contribution in [-0.4, -0.2) is 4.92 Å². The van der Waals surface area contributed by atoms with Crippen LogP contribution in [0.4, 0.5) is 5.69 Å². The fourth-order valence-corrected chi connectivity index (χ4v) is 1.49. The van der Waals surface area contributed by atoms with E-state index in [1.807, 2.05) is 26.8 Å². The molecule has 0 bridgehead atoms. The molecule has 0 saturated carbocycles. The number of nitrogens with zero attached hydrogens (tertiary/aromatic N) is 1. The summed E-state index contributed by atoms with van der Waals surface area (Å²) in [5.41, 5.74) is 6.91. The summed E-state index contributed by atoms with van der Waals surface area (Å²) in [5.74, 6) is 0. The van der Waals surface area contributed by atoms with Gasteiger partial charge >= 0.3 is 0 Å². The van der Waals surface area contributed by atoms with Crippen molar-refractivity contribution < 1.29 is 4.92 Å². The number of nitro groups is 1. The predicted molar refractivity (Wildman–Crippen MR) is 59.7 cm³/mol. The van der Waals surface area contributed by atoms with E-state index in [4.69, 9.17) is 5.73 Å². The molecular weight excluding hydrogens is 192 g/mol. The standard InChI is InChI=1S/C11H16N2O2/c1-11(2,3)9-5-4-8(7-12)6-10(9)13(14)15/h4-6H,7,12H2,1-3H3. The predicted octanol–water partition coefficient (Wildman–Crippen LogP) is 2.35. The van der Waals surface area contributed by atoms with E-state index in [2.05, 4.69) is 0 Å². The van der Waals surface area contributed by atoms with Crippen LogP contribution in [0.5, 0.6) is 0 Å². The van der Waals surface area contributed by atoms with Crippen molar-refractivity contribution in [3.63, 3.8) is 0 Å². The zero-order chi connectivity index (χ0) is 11.6.